The number of nitrogens with one attached hydrogen (secondary N) is 1. The van der Waals surface area contributed by atoms with Crippen molar-refractivity contribution >= 4 is 44.0 Å². The zero-order valence-electron chi connectivity index (χ0n) is 14.7. The van der Waals surface area contributed by atoms with Crippen molar-refractivity contribution in [1.82, 2.24) is 4.98 Å². The van der Waals surface area contributed by atoms with Crippen molar-refractivity contribution in [2.45, 2.75) is 0 Å². The summed E-state index contributed by atoms with van der Waals surface area (Å²) in [4.78, 5) is 27.3. The zero-order chi connectivity index (χ0) is 20.4. The zero-order valence-corrected chi connectivity index (χ0v) is 17.1. The van der Waals surface area contributed by atoms with E-state index in [0.717, 1.165) is 15.7 Å². The van der Waals surface area contributed by atoms with Crippen LogP contribution in [0.1, 0.15) is 10.6 Å². The van der Waals surface area contributed by atoms with Crippen molar-refractivity contribution in [3.8, 4) is 22.6 Å². The van der Waals surface area contributed by atoms with Gasteiger partial charge in [-0.1, -0.05) is 40.2 Å². The molecule has 0 unspecified atom stereocenters. The Labute approximate surface area is 177 Å². The molecule has 7 nitrogen and oxygen atoms in total. The third-order valence-electron chi connectivity index (χ3n) is 4.04. The lowest BCUT2D eigenvalue weighted by atomic mass is 10.1. The number of aromatic nitrogens is 1. The third kappa shape index (κ3) is 4.25. The largest absolute Gasteiger partial charge is 0.451 e. The lowest BCUT2D eigenvalue weighted by molar-refractivity contribution is -0.384. The predicted molar refractivity (Wildman–Crippen MR) is 114 cm³/mol. The highest BCUT2D eigenvalue weighted by Crippen LogP contribution is 2.28. The molecule has 2 aromatic heterocycles. The summed E-state index contributed by atoms with van der Waals surface area (Å²) in [5.41, 5.74) is 2.17. The van der Waals surface area contributed by atoms with E-state index in [4.69, 9.17) is 4.42 Å². The van der Waals surface area contributed by atoms with Gasteiger partial charge in [0.15, 0.2) is 10.9 Å². The van der Waals surface area contributed by atoms with Gasteiger partial charge in [-0.15, -0.1) is 11.3 Å². The molecular formula is C20H12BrN3O4S. The lowest BCUT2D eigenvalue weighted by Gasteiger charge is -2.00. The first-order valence-electron chi connectivity index (χ1n) is 8.37. The Balaban J connectivity index is 1.49. The van der Waals surface area contributed by atoms with E-state index in [1.165, 1.54) is 29.5 Å². The van der Waals surface area contributed by atoms with E-state index >= 15 is 0 Å². The van der Waals surface area contributed by atoms with Crippen molar-refractivity contribution in [2.24, 2.45) is 0 Å². The number of carbonyl (C=O) groups is 1. The van der Waals surface area contributed by atoms with E-state index in [2.05, 4.69) is 26.2 Å². The van der Waals surface area contributed by atoms with Crippen LogP contribution in [0.4, 0.5) is 10.8 Å². The number of non-ortho nitro benzene ring substituents is 1. The third-order valence-corrected chi connectivity index (χ3v) is 5.32. The second-order valence-electron chi connectivity index (χ2n) is 5.97. The van der Waals surface area contributed by atoms with Gasteiger partial charge in [-0.25, -0.2) is 4.98 Å². The van der Waals surface area contributed by atoms with E-state index in [1.807, 2.05) is 29.6 Å². The number of benzene rings is 2. The van der Waals surface area contributed by atoms with E-state index in [-0.39, 0.29) is 11.4 Å². The maximum absolute atomic E-state index is 12.5. The molecular weight excluding hydrogens is 458 g/mol. The monoisotopic (exact) mass is 469 g/mol. The average Bonchev–Trinajstić information content (AvgIpc) is 3.38. The lowest BCUT2D eigenvalue weighted by Crippen LogP contribution is -2.10. The molecule has 1 amide bonds. The molecule has 0 radical (unpaired) electrons. The number of nitro groups is 1. The Morgan fingerprint density at radius 2 is 1.90 bits per heavy atom. The summed E-state index contributed by atoms with van der Waals surface area (Å²) in [7, 11) is 0. The Kier molecular flexibility index (Phi) is 5.24. The van der Waals surface area contributed by atoms with Crippen LogP contribution in [0.3, 0.4) is 0 Å². The summed E-state index contributed by atoms with van der Waals surface area (Å²) in [5, 5.41) is 15.9. The first-order chi connectivity index (χ1) is 14.0. The molecule has 29 heavy (non-hydrogen) atoms. The van der Waals surface area contributed by atoms with Gasteiger partial charge in [0.05, 0.1) is 10.6 Å². The molecule has 0 aliphatic rings. The van der Waals surface area contributed by atoms with Gasteiger partial charge in [-0.3, -0.25) is 20.2 Å². The number of anilines is 1. The molecule has 2 aromatic carbocycles. The summed E-state index contributed by atoms with van der Waals surface area (Å²) in [6.07, 6.45) is 0. The molecule has 0 fully saturated rings. The fourth-order valence-electron chi connectivity index (χ4n) is 2.63. The number of nitrogens with zero attached hydrogens (tertiary/aromatic N) is 2. The fraction of sp³-hybridized carbons (Fsp3) is 0. The second-order valence-corrected chi connectivity index (χ2v) is 7.74. The SMILES string of the molecule is O=C(Nc1nc(-c2ccc(Br)cc2)cs1)c1ccc(-c2cccc([N+](=O)[O-])c2)o1. The van der Waals surface area contributed by atoms with Gasteiger partial charge in [0.25, 0.3) is 11.6 Å². The van der Waals surface area contributed by atoms with Gasteiger partial charge in [0.1, 0.15) is 5.76 Å². The van der Waals surface area contributed by atoms with Gasteiger partial charge in [0.2, 0.25) is 0 Å². The van der Waals surface area contributed by atoms with Crippen LogP contribution in [0.2, 0.25) is 0 Å². The molecule has 0 saturated carbocycles. The quantitative estimate of drug-likeness (QED) is 0.285. The number of rotatable bonds is 5. The van der Waals surface area contributed by atoms with Crippen LogP contribution in [0.5, 0.6) is 0 Å². The highest BCUT2D eigenvalue weighted by Gasteiger charge is 2.16. The number of furan rings is 1. The molecule has 0 aliphatic carbocycles. The van der Waals surface area contributed by atoms with Crippen LogP contribution in [0, 0.1) is 10.1 Å². The molecule has 0 saturated heterocycles. The van der Waals surface area contributed by atoms with Crippen LogP contribution in [-0.2, 0) is 0 Å². The molecule has 4 aromatic rings. The number of halogens is 1. The molecule has 0 spiro atoms. The second kappa shape index (κ2) is 7.98. The molecule has 4 rings (SSSR count). The van der Waals surface area contributed by atoms with Gasteiger partial charge < -0.3 is 4.42 Å². The first-order valence-corrected chi connectivity index (χ1v) is 10.0. The van der Waals surface area contributed by atoms with Crippen molar-refractivity contribution < 1.29 is 14.1 Å². The van der Waals surface area contributed by atoms with Crippen LogP contribution >= 0.6 is 27.3 Å². The molecule has 2 heterocycles. The minimum absolute atomic E-state index is 0.0480. The first kappa shape index (κ1) is 19.0. The van der Waals surface area contributed by atoms with Crippen molar-refractivity contribution in [3.05, 3.63) is 86.4 Å². The summed E-state index contributed by atoms with van der Waals surface area (Å²) in [5.74, 6) is 0.0128. The van der Waals surface area contributed by atoms with Gasteiger partial charge in [-0.2, -0.15) is 0 Å². The summed E-state index contributed by atoms with van der Waals surface area (Å²) in [6, 6.07) is 16.9. The minimum Gasteiger partial charge on any atom is -0.451 e. The molecule has 0 aliphatic heterocycles. The highest BCUT2D eigenvalue weighted by atomic mass is 79.9. The Morgan fingerprint density at radius 3 is 2.66 bits per heavy atom. The number of hydrogen-bond donors (Lipinski definition) is 1. The van der Waals surface area contributed by atoms with Crippen molar-refractivity contribution in [2.75, 3.05) is 5.32 Å². The predicted octanol–water partition coefficient (Wildman–Crippen LogP) is 5.99. The summed E-state index contributed by atoms with van der Waals surface area (Å²) in [6.45, 7) is 0. The van der Waals surface area contributed by atoms with Crippen LogP contribution < -0.4 is 5.32 Å². The van der Waals surface area contributed by atoms with Gasteiger partial charge >= 0.3 is 0 Å². The smallest absolute Gasteiger partial charge is 0.293 e. The number of hydrogen-bond acceptors (Lipinski definition) is 6. The maximum atomic E-state index is 12.5. The van der Waals surface area contributed by atoms with Gasteiger partial charge in [-0.05, 0) is 24.3 Å². The van der Waals surface area contributed by atoms with Crippen LogP contribution in [0.15, 0.2) is 74.9 Å². The normalized spacial score (nSPS) is 10.7. The van der Waals surface area contributed by atoms with E-state index in [0.29, 0.717) is 16.5 Å². The average molecular weight is 470 g/mol. The van der Waals surface area contributed by atoms with E-state index in [9.17, 15) is 14.9 Å². The Bertz CT molecular complexity index is 1200. The molecule has 9 heteroatoms. The van der Waals surface area contributed by atoms with Crippen LogP contribution in [-0.4, -0.2) is 15.8 Å². The standard InChI is InChI=1S/C20H12BrN3O4S/c21-14-6-4-12(5-7-14)16-11-29-20(22-16)23-19(25)18-9-8-17(28-18)13-2-1-3-15(10-13)24(26)27/h1-11H,(H,22,23,25). The molecule has 0 atom stereocenters. The summed E-state index contributed by atoms with van der Waals surface area (Å²) < 4.78 is 6.55. The highest BCUT2D eigenvalue weighted by molar-refractivity contribution is 9.10. The maximum Gasteiger partial charge on any atom is 0.293 e. The topological polar surface area (TPSA) is 98.3 Å². The molecule has 1 N–H and O–H groups in total. The Hall–Kier alpha value is -3.30. The number of amides is 1. The van der Waals surface area contributed by atoms with Crippen LogP contribution in [0.25, 0.3) is 22.6 Å². The van der Waals surface area contributed by atoms with Gasteiger partial charge in [0, 0.05) is 33.1 Å². The van der Waals surface area contributed by atoms with Crippen molar-refractivity contribution in [1.29, 1.82) is 0 Å². The van der Waals surface area contributed by atoms with E-state index in [1.54, 1.807) is 18.2 Å². The number of carbonyl (C=O) groups excluding carboxylic acids is 1. The number of nitro benzene ring substituents is 1. The van der Waals surface area contributed by atoms with E-state index < -0.39 is 10.8 Å². The number of thiazole rings is 1. The minimum atomic E-state index is -0.481. The molecule has 144 valence electrons. The summed E-state index contributed by atoms with van der Waals surface area (Å²) >= 11 is 4.70. The molecule has 0 bridgehead atoms. The fourth-order valence-corrected chi connectivity index (χ4v) is 3.61. The van der Waals surface area contributed by atoms with Crippen molar-refractivity contribution in [3.63, 3.8) is 0 Å². The Morgan fingerprint density at radius 1 is 1.10 bits per heavy atom.